The normalized spacial score (nSPS) is 14.8. The van der Waals surface area contributed by atoms with Crippen molar-refractivity contribution in [3.05, 3.63) is 81.4 Å². The third-order valence-electron chi connectivity index (χ3n) is 7.52. The summed E-state index contributed by atoms with van der Waals surface area (Å²) < 4.78 is 12.8. The van der Waals surface area contributed by atoms with Gasteiger partial charge in [-0.2, -0.15) is 0 Å². The van der Waals surface area contributed by atoms with E-state index in [1.54, 1.807) is 0 Å². The van der Waals surface area contributed by atoms with E-state index in [2.05, 4.69) is 79.8 Å². The smallest absolute Gasteiger partial charge is 0.146 e. The van der Waals surface area contributed by atoms with Crippen LogP contribution in [0.25, 0.3) is 68.3 Å². The quantitative estimate of drug-likeness (QED) is 0.240. The van der Waals surface area contributed by atoms with Crippen molar-refractivity contribution in [2.75, 3.05) is 0 Å². The Labute approximate surface area is 214 Å². The van der Waals surface area contributed by atoms with Gasteiger partial charge in [-0.05, 0) is 83.1 Å². The van der Waals surface area contributed by atoms with Gasteiger partial charge in [-0.1, -0.05) is 61.7 Å². The molecule has 0 saturated heterocycles. The van der Waals surface area contributed by atoms with Crippen molar-refractivity contribution in [1.29, 1.82) is 0 Å². The van der Waals surface area contributed by atoms with E-state index in [1.165, 1.54) is 27.1 Å². The summed E-state index contributed by atoms with van der Waals surface area (Å²) in [5, 5.41) is 7.71. The van der Waals surface area contributed by atoms with Gasteiger partial charge in [0.05, 0.1) is 5.39 Å². The Kier molecular flexibility index (Phi) is 5.07. The number of allylic oxidation sites excluding steroid dienone is 2. The SMILES string of the molecule is CC/C=C\c1cc2c(c(-c3ccc4c(c3)oc3ccc5c6c(oc5c34)CCC=C6)c1C=S)=CCCC=2. The summed E-state index contributed by atoms with van der Waals surface area (Å²) in [4.78, 5) is 0. The number of thiocarbonyl (C=S) groups is 1. The van der Waals surface area contributed by atoms with Crippen LogP contribution in [-0.4, -0.2) is 5.37 Å². The summed E-state index contributed by atoms with van der Waals surface area (Å²) in [5.41, 5.74) is 8.48. The first kappa shape index (κ1) is 21.6. The Morgan fingerprint density at radius 2 is 1.83 bits per heavy atom. The fourth-order valence-electron chi connectivity index (χ4n) is 5.86. The molecule has 2 nitrogen and oxygen atoms in total. The molecule has 176 valence electrons. The molecule has 2 heterocycles. The van der Waals surface area contributed by atoms with Crippen LogP contribution in [-0.2, 0) is 6.42 Å². The highest BCUT2D eigenvalue weighted by molar-refractivity contribution is 7.79. The average Bonchev–Trinajstić information content (AvgIpc) is 3.48. The van der Waals surface area contributed by atoms with Crippen LogP contribution in [0.2, 0.25) is 0 Å². The minimum Gasteiger partial charge on any atom is -0.460 e. The van der Waals surface area contributed by atoms with Crippen molar-refractivity contribution < 1.29 is 8.83 Å². The number of hydrogen-bond donors (Lipinski definition) is 0. The van der Waals surface area contributed by atoms with Crippen molar-refractivity contribution in [3.8, 4) is 11.1 Å². The second-order valence-corrected chi connectivity index (χ2v) is 9.92. The molecule has 0 radical (unpaired) electrons. The van der Waals surface area contributed by atoms with Crippen LogP contribution in [0.5, 0.6) is 0 Å². The van der Waals surface area contributed by atoms with Crippen LogP contribution in [0.15, 0.2) is 57.4 Å². The molecule has 0 unspecified atom stereocenters. The summed E-state index contributed by atoms with van der Waals surface area (Å²) in [6.07, 6.45) is 18.6. The van der Waals surface area contributed by atoms with Crippen molar-refractivity contribution >= 4 is 74.8 Å². The first-order valence-corrected chi connectivity index (χ1v) is 13.3. The monoisotopic (exact) mass is 486 g/mol. The minimum atomic E-state index is 0.862. The van der Waals surface area contributed by atoms with E-state index in [0.29, 0.717) is 0 Å². The summed E-state index contributed by atoms with van der Waals surface area (Å²) in [7, 11) is 0. The fraction of sp³-hybridized carbons (Fsp3) is 0.182. The summed E-state index contributed by atoms with van der Waals surface area (Å²) in [6.45, 7) is 2.16. The number of rotatable bonds is 4. The minimum absolute atomic E-state index is 0.862. The van der Waals surface area contributed by atoms with Crippen molar-refractivity contribution in [1.82, 2.24) is 0 Å². The van der Waals surface area contributed by atoms with Crippen LogP contribution in [0.1, 0.15) is 55.1 Å². The highest BCUT2D eigenvalue weighted by atomic mass is 32.1. The Hall–Kier alpha value is -3.69. The zero-order valence-electron chi connectivity index (χ0n) is 20.3. The van der Waals surface area contributed by atoms with Crippen LogP contribution in [0.4, 0.5) is 0 Å². The second-order valence-electron chi connectivity index (χ2n) is 9.68. The first-order chi connectivity index (χ1) is 17.8. The molecule has 0 fully saturated rings. The topological polar surface area (TPSA) is 26.3 Å². The largest absolute Gasteiger partial charge is 0.460 e. The molecule has 0 saturated carbocycles. The zero-order valence-corrected chi connectivity index (χ0v) is 21.1. The van der Waals surface area contributed by atoms with E-state index in [9.17, 15) is 0 Å². The molecule has 0 atom stereocenters. The van der Waals surface area contributed by atoms with Gasteiger partial charge in [0.15, 0.2) is 0 Å². The maximum absolute atomic E-state index is 6.42. The van der Waals surface area contributed by atoms with Gasteiger partial charge in [0.1, 0.15) is 22.5 Å². The lowest BCUT2D eigenvalue weighted by molar-refractivity contribution is 0.548. The van der Waals surface area contributed by atoms with E-state index in [-0.39, 0.29) is 0 Å². The number of benzene rings is 3. The van der Waals surface area contributed by atoms with Gasteiger partial charge in [-0.3, -0.25) is 0 Å². The fourth-order valence-corrected chi connectivity index (χ4v) is 6.11. The Balaban J connectivity index is 1.51. The van der Waals surface area contributed by atoms with E-state index in [1.807, 2.05) is 5.37 Å². The van der Waals surface area contributed by atoms with Crippen LogP contribution in [0.3, 0.4) is 0 Å². The molecular weight excluding hydrogens is 460 g/mol. The lowest BCUT2D eigenvalue weighted by Gasteiger charge is -2.14. The molecule has 2 aliphatic carbocycles. The third kappa shape index (κ3) is 3.19. The van der Waals surface area contributed by atoms with Gasteiger partial charge < -0.3 is 8.83 Å². The summed E-state index contributed by atoms with van der Waals surface area (Å²) in [5.74, 6) is 1.08. The summed E-state index contributed by atoms with van der Waals surface area (Å²) in [6, 6.07) is 13.1. The number of aryl methyl sites for hydroxylation is 1. The van der Waals surface area contributed by atoms with Crippen LogP contribution in [0, 0.1) is 0 Å². The predicted molar refractivity (Wildman–Crippen MR) is 156 cm³/mol. The zero-order chi connectivity index (χ0) is 24.2. The second kappa shape index (κ2) is 8.46. The Bertz CT molecular complexity index is 1890. The Morgan fingerprint density at radius 1 is 0.944 bits per heavy atom. The molecule has 7 rings (SSSR count). The van der Waals surface area contributed by atoms with Crippen molar-refractivity contribution in [3.63, 3.8) is 0 Å². The molecular formula is C33H26O2S. The van der Waals surface area contributed by atoms with Crippen molar-refractivity contribution in [2.45, 2.75) is 39.0 Å². The number of hydrogen-bond acceptors (Lipinski definition) is 3. The van der Waals surface area contributed by atoms with Crippen molar-refractivity contribution in [2.24, 2.45) is 0 Å². The van der Waals surface area contributed by atoms with Gasteiger partial charge >= 0.3 is 0 Å². The predicted octanol–water partition coefficient (Wildman–Crippen LogP) is 8.08. The highest BCUT2D eigenvalue weighted by Crippen LogP contribution is 2.40. The molecule has 3 heteroatoms. The third-order valence-corrected chi connectivity index (χ3v) is 7.76. The average molecular weight is 487 g/mol. The first-order valence-electron chi connectivity index (χ1n) is 12.8. The number of fused-ring (bicyclic) bond motifs is 8. The Morgan fingerprint density at radius 3 is 2.72 bits per heavy atom. The summed E-state index contributed by atoms with van der Waals surface area (Å²) >= 11 is 5.57. The molecule has 0 N–H and O–H groups in total. The molecule has 2 aliphatic rings. The molecule has 0 bridgehead atoms. The molecule has 2 aromatic heterocycles. The lowest BCUT2D eigenvalue weighted by Crippen LogP contribution is -2.30. The van der Waals surface area contributed by atoms with Gasteiger partial charge in [-0.25, -0.2) is 0 Å². The van der Waals surface area contributed by atoms with Crippen LogP contribution < -0.4 is 10.4 Å². The van der Waals surface area contributed by atoms with E-state index < -0.39 is 0 Å². The lowest BCUT2D eigenvalue weighted by atomic mass is 9.90. The van der Waals surface area contributed by atoms with E-state index >= 15 is 0 Å². The standard InChI is InChI=1S/C33H26O2S/c1-2-3-8-21-17-20-9-4-5-10-23(20)31(27(21)19-36)22-13-14-26-30(18-22)34-29-16-15-25-24-11-6-7-12-28(24)35-33(25)32(26)29/h3,6,8-11,13-19H,2,4-5,7,12H2,1H3/b8-3-. The van der Waals surface area contributed by atoms with Gasteiger partial charge in [-0.15, -0.1) is 0 Å². The van der Waals surface area contributed by atoms with Gasteiger partial charge in [0, 0.05) is 33.7 Å². The highest BCUT2D eigenvalue weighted by Gasteiger charge is 2.20. The molecule has 0 amide bonds. The van der Waals surface area contributed by atoms with E-state index in [4.69, 9.17) is 21.1 Å². The van der Waals surface area contributed by atoms with Crippen LogP contribution >= 0.6 is 12.2 Å². The molecule has 5 aromatic rings. The maximum Gasteiger partial charge on any atom is 0.146 e. The van der Waals surface area contributed by atoms with Gasteiger partial charge in [0.25, 0.3) is 0 Å². The van der Waals surface area contributed by atoms with Gasteiger partial charge in [0.2, 0.25) is 0 Å². The molecule has 36 heavy (non-hydrogen) atoms. The molecule has 0 aliphatic heterocycles. The maximum atomic E-state index is 6.42. The number of furan rings is 2. The van der Waals surface area contributed by atoms with E-state index in [0.717, 1.165) is 81.9 Å². The molecule has 0 spiro atoms. The molecule has 3 aromatic carbocycles.